The van der Waals surface area contributed by atoms with Crippen LogP contribution in [0.2, 0.25) is 0 Å². The van der Waals surface area contributed by atoms with Gasteiger partial charge in [0.05, 0.1) is 12.0 Å². The van der Waals surface area contributed by atoms with Crippen LogP contribution in [0.1, 0.15) is 44.1 Å². The minimum Gasteiger partial charge on any atom is -0.378 e. The van der Waals surface area contributed by atoms with Gasteiger partial charge in [0.25, 0.3) is 0 Å². The molecule has 3 rings (SSSR count). The smallest absolute Gasteiger partial charge is 0.227 e. The molecule has 1 aliphatic heterocycles. The summed E-state index contributed by atoms with van der Waals surface area (Å²) in [5, 5.41) is 3.24. The fourth-order valence-electron chi connectivity index (χ4n) is 3.72. The zero-order chi connectivity index (χ0) is 13.9. The van der Waals surface area contributed by atoms with Gasteiger partial charge in [0.15, 0.2) is 0 Å². The molecule has 1 N–H and O–H groups in total. The van der Waals surface area contributed by atoms with E-state index < -0.39 is 0 Å². The Morgan fingerprint density at radius 2 is 2.00 bits per heavy atom. The van der Waals surface area contributed by atoms with Crippen LogP contribution in [0.4, 0.5) is 0 Å². The van der Waals surface area contributed by atoms with Crippen molar-refractivity contribution in [3.8, 4) is 0 Å². The topological polar surface area (TPSA) is 38.3 Å². The minimum atomic E-state index is 0.0119. The van der Waals surface area contributed by atoms with Crippen LogP contribution >= 0.6 is 0 Å². The van der Waals surface area contributed by atoms with Gasteiger partial charge in [-0.15, -0.1) is 0 Å². The van der Waals surface area contributed by atoms with Crippen LogP contribution in [0.25, 0.3) is 0 Å². The quantitative estimate of drug-likeness (QED) is 0.919. The van der Waals surface area contributed by atoms with Gasteiger partial charge in [-0.1, -0.05) is 30.3 Å². The van der Waals surface area contributed by atoms with Crippen LogP contribution in [0.15, 0.2) is 30.3 Å². The molecule has 1 heterocycles. The molecule has 1 aromatic carbocycles. The Morgan fingerprint density at radius 1 is 1.20 bits per heavy atom. The molecule has 20 heavy (non-hydrogen) atoms. The standard InChI is InChI=1S/C17H23NO2/c1-2-20-14-8-9-16-13(10-14)11-15(17(19)18-16)12-6-4-3-5-7-12/h3-7,13-16H,2,8-11H2,1H3,(H,18,19). The number of amides is 1. The summed E-state index contributed by atoms with van der Waals surface area (Å²) >= 11 is 0. The highest BCUT2D eigenvalue weighted by atomic mass is 16.5. The zero-order valence-corrected chi connectivity index (χ0v) is 12.0. The third-order valence-electron chi connectivity index (χ3n) is 4.72. The molecular weight excluding hydrogens is 250 g/mol. The first-order valence-electron chi connectivity index (χ1n) is 7.75. The van der Waals surface area contributed by atoms with Gasteiger partial charge in [-0.3, -0.25) is 4.79 Å². The minimum absolute atomic E-state index is 0.0119. The van der Waals surface area contributed by atoms with E-state index in [-0.39, 0.29) is 11.8 Å². The van der Waals surface area contributed by atoms with Gasteiger partial charge in [0, 0.05) is 12.6 Å². The summed E-state index contributed by atoms with van der Waals surface area (Å²) < 4.78 is 5.79. The molecule has 108 valence electrons. The molecule has 0 spiro atoms. The van der Waals surface area contributed by atoms with E-state index in [9.17, 15) is 4.79 Å². The molecule has 1 amide bonds. The summed E-state index contributed by atoms with van der Waals surface area (Å²) in [6, 6.07) is 10.5. The van der Waals surface area contributed by atoms with Gasteiger partial charge in [0.2, 0.25) is 5.91 Å². The van der Waals surface area contributed by atoms with E-state index in [0.29, 0.717) is 18.1 Å². The van der Waals surface area contributed by atoms with Crippen molar-refractivity contribution >= 4 is 5.91 Å². The number of hydrogen-bond donors (Lipinski definition) is 1. The maximum absolute atomic E-state index is 12.3. The number of piperidine rings is 1. The highest BCUT2D eigenvalue weighted by Gasteiger charge is 2.39. The van der Waals surface area contributed by atoms with E-state index in [2.05, 4.69) is 24.4 Å². The zero-order valence-electron chi connectivity index (χ0n) is 12.0. The number of hydrogen-bond acceptors (Lipinski definition) is 2. The summed E-state index contributed by atoms with van der Waals surface area (Å²) in [6.45, 7) is 2.85. The van der Waals surface area contributed by atoms with Crippen molar-refractivity contribution in [1.82, 2.24) is 5.32 Å². The first kappa shape index (κ1) is 13.6. The second-order valence-corrected chi connectivity index (χ2v) is 5.96. The number of ether oxygens (including phenoxy) is 1. The van der Waals surface area contributed by atoms with Crippen LogP contribution < -0.4 is 5.32 Å². The Labute approximate surface area is 120 Å². The molecule has 0 bridgehead atoms. The largest absolute Gasteiger partial charge is 0.378 e. The SMILES string of the molecule is CCOC1CCC2NC(=O)C(c3ccccc3)CC2C1. The van der Waals surface area contributed by atoms with Gasteiger partial charge in [-0.25, -0.2) is 0 Å². The summed E-state index contributed by atoms with van der Waals surface area (Å²) in [4.78, 5) is 12.3. The van der Waals surface area contributed by atoms with Crippen molar-refractivity contribution in [2.24, 2.45) is 5.92 Å². The predicted octanol–water partition coefficient (Wildman–Crippen LogP) is 2.86. The summed E-state index contributed by atoms with van der Waals surface area (Å²) in [5.41, 5.74) is 1.14. The fraction of sp³-hybridized carbons (Fsp3) is 0.588. The Kier molecular flexibility index (Phi) is 4.06. The molecule has 4 unspecified atom stereocenters. The van der Waals surface area contributed by atoms with Gasteiger partial charge >= 0.3 is 0 Å². The van der Waals surface area contributed by atoms with E-state index >= 15 is 0 Å². The van der Waals surface area contributed by atoms with Crippen molar-refractivity contribution in [2.45, 2.75) is 50.7 Å². The van der Waals surface area contributed by atoms with Gasteiger partial charge in [-0.05, 0) is 44.1 Å². The number of carbonyl (C=O) groups is 1. The number of rotatable bonds is 3. The lowest BCUT2D eigenvalue weighted by molar-refractivity contribution is -0.128. The van der Waals surface area contributed by atoms with Crippen LogP contribution in [-0.4, -0.2) is 24.7 Å². The molecule has 3 nitrogen and oxygen atoms in total. The fourth-order valence-corrected chi connectivity index (χ4v) is 3.72. The molecule has 1 aliphatic carbocycles. The average Bonchev–Trinajstić information content (AvgIpc) is 2.48. The Morgan fingerprint density at radius 3 is 2.75 bits per heavy atom. The van der Waals surface area contributed by atoms with E-state index in [1.54, 1.807) is 0 Å². The maximum atomic E-state index is 12.3. The van der Waals surface area contributed by atoms with E-state index in [1.807, 2.05) is 18.2 Å². The highest BCUT2D eigenvalue weighted by molar-refractivity contribution is 5.84. The van der Waals surface area contributed by atoms with Gasteiger partial charge in [-0.2, -0.15) is 0 Å². The molecule has 4 atom stereocenters. The number of carbonyl (C=O) groups excluding carboxylic acids is 1. The second-order valence-electron chi connectivity index (χ2n) is 5.96. The Hall–Kier alpha value is -1.35. The van der Waals surface area contributed by atoms with Gasteiger partial charge in [0.1, 0.15) is 0 Å². The van der Waals surface area contributed by atoms with Crippen LogP contribution in [0, 0.1) is 5.92 Å². The molecule has 3 heteroatoms. The Bertz CT molecular complexity index is 459. The first-order chi connectivity index (χ1) is 9.78. The molecular formula is C17H23NO2. The highest BCUT2D eigenvalue weighted by Crippen LogP contribution is 2.38. The molecule has 2 aliphatic rings. The summed E-state index contributed by atoms with van der Waals surface area (Å²) in [5.74, 6) is 0.772. The van der Waals surface area contributed by atoms with E-state index in [4.69, 9.17) is 4.74 Å². The normalized spacial score (nSPS) is 33.4. The molecule has 1 aromatic rings. The lowest BCUT2D eigenvalue weighted by Crippen LogP contribution is -2.51. The van der Waals surface area contributed by atoms with E-state index in [0.717, 1.165) is 37.9 Å². The average molecular weight is 273 g/mol. The molecule has 0 radical (unpaired) electrons. The predicted molar refractivity (Wildman–Crippen MR) is 78.5 cm³/mol. The number of fused-ring (bicyclic) bond motifs is 1. The van der Waals surface area contributed by atoms with Crippen LogP contribution in [0.5, 0.6) is 0 Å². The van der Waals surface area contributed by atoms with Crippen molar-refractivity contribution in [1.29, 1.82) is 0 Å². The van der Waals surface area contributed by atoms with Crippen LogP contribution in [0.3, 0.4) is 0 Å². The molecule has 0 aromatic heterocycles. The summed E-state index contributed by atoms with van der Waals surface area (Å²) in [7, 11) is 0. The van der Waals surface area contributed by atoms with Crippen molar-refractivity contribution < 1.29 is 9.53 Å². The third kappa shape index (κ3) is 2.73. The van der Waals surface area contributed by atoms with Crippen molar-refractivity contribution in [3.63, 3.8) is 0 Å². The second kappa shape index (κ2) is 5.96. The maximum Gasteiger partial charge on any atom is 0.227 e. The lowest BCUT2D eigenvalue weighted by atomic mass is 9.73. The summed E-state index contributed by atoms with van der Waals surface area (Å²) in [6.07, 6.45) is 4.56. The van der Waals surface area contributed by atoms with Crippen LogP contribution in [-0.2, 0) is 9.53 Å². The molecule has 1 saturated carbocycles. The number of nitrogens with one attached hydrogen (secondary N) is 1. The number of benzene rings is 1. The van der Waals surface area contributed by atoms with Crippen molar-refractivity contribution in [3.05, 3.63) is 35.9 Å². The van der Waals surface area contributed by atoms with E-state index in [1.165, 1.54) is 0 Å². The first-order valence-corrected chi connectivity index (χ1v) is 7.75. The third-order valence-corrected chi connectivity index (χ3v) is 4.72. The van der Waals surface area contributed by atoms with Crippen molar-refractivity contribution in [2.75, 3.05) is 6.61 Å². The van der Waals surface area contributed by atoms with Gasteiger partial charge < -0.3 is 10.1 Å². The monoisotopic (exact) mass is 273 g/mol. The molecule has 2 fully saturated rings. The lowest BCUT2D eigenvalue weighted by Gasteiger charge is -2.42. The Balaban J connectivity index is 1.72. The molecule has 1 saturated heterocycles.